The number of Topliss-reactive ketones (excluding diaryl/α,β-unsaturated/α-hetero) is 1. The second kappa shape index (κ2) is 9.71. The summed E-state index contributed by atoms with van der Waals surface area (Å²) >= 11 is 3.33. The lowest BCUT2D eigenvalue weighted by atomic mass is 10.0. The van der Waals surface area contributed by atoms with Gasteiger partial charge in [-0.2, -0.15) is 5.26 Å². The third-order valence-corrected chi connectivity index (χ3v) is 3.78. The monoisotopic (exact) mass is 325 g/mol. The highest BCUT2D eigenvalue weighted by molar-refractivity contribution is 9.10. The number of carbonyl (C=O) groups is 1. The molecule has 0 spiro atoms. The van der Waals surface area contributed by atoms with Crippen molar-refractivity contribution < 1.29 is 10.3 Å². The van der Waals surface area contributed by atoms with Gasteiger partial charge in [-0.25, -0.2) is 0 Å². The number of hydrogen-bond donors (Lipinski definition) is 0. The molecule has 0 bridgehead atoms. The molecule has 0 aromatic heterocycles. The Balaban J connectivity index is 0.00000324. The van der Waals surface area contributed by atoms with E-state index in [0.29, 0.717) is 22.0 Å². The zero-order chi connectivity index (χ0) is 13.4. The van der Waals surface area contributed by atoms with Crippen LogP contribution in [0, 0.1) is 11.3 Å². The third-order valence-electron chi connectivity index (χ3n) is 2.93. The first-order valence-electron chi connectivity index (χ1n) is 6.42. The van der Waals surface area contributed by atoms with Crippen LogP contribution >= 0.6 is 15.9 Å². The molecule has 1 rings (SSSR count). The summed E-state index contributed by atoms with van der Waals surface area (Å²) in [7, 11) is 0. The van der Waals surface area contributed by atoms with E-state index in [1.54, 1.807) is 18.2 Å². The van der Waals surface area contributed by atoms with Crippen LogP contribution in [0.1, 0.15) is 61.4 Å². The zero-order valence-corrected chi connectivity index (χ0v) is 12.8. The molecule has 104 valence electrons. The van der Waals surface area contributed by atoms with Gasteiger partial charge in [-0.05, 0) is 28.4 Å². The van der Waals surface area contributed by atoms with Gasteiger partial charge in [-0.15, -0.1) is 0 Å². The second-order valence-electron chi connectivity index (χ2n) is 4.37. The van der Waals surface area contributed by atoms with Crippen LogP contribution in [0.5, 0.6) is 0 Å². The van der Waals surface area contributed by atoms with Crippen molar-refractivity contribution in [2.75, 3.05) is 0 Å². The van der Waals surface area contributed by atoms with Crippen molar-refractivity contribution in [1.82, 2.24) is 0 Å². The van der Waals surface area contributed by atoms with Crippen molar-refractivity contribution in [3.63, 3.8) is 0 Å². The molecule has 0 saturated carbocycles. The number of nitrogens with zero attached hydrogens (tertiary/aromatic N) is 1. The Morgan fingerprint density at radius 2 is 1.95 bits per heavy atom. The van der Waals surface area contributed by atoms with Gasteiger partial charge in [0.05, 0.1) is 5.56 Å². The van der Waals surface area contributed by atoms with E-state index >= 15 is 0 Å². The first-order valence-corrected chi connectivity index (χ1v) is 7.21. The maximum Gasteiger partial charge on any atom is 0.164 e. The van der Waals surface area contributed by atoms with Crippen LogP contribution in [0.15, 0.2) is 22.7 Å². The Bertz CT molecular complexity index is 452. The number of unbranched alkanes of at least 4 members (excludes halogenated alkanes) is 4. The summed E-state index contributed by atoms with van der Waals surface area (Å²) < 4.78 is 0.631. The molecule has 0 heterocycles. The number of rotatable bonds is 7. The molecule has 0 aliphatic rings. The largest absolute Gasteiger partial charge is 0.412 e. The maximum absolute atomic E-state index is 12.0. The molecule has 1 aromatic rings. The van der Waals surface area contributed by atoms with Gasteiger partial charge < -0.3 is 5.48 Å². The second-order valence-corrected chi connectivity index (χ2v) is 5.16. The minimum atomic E-state index is 0. The van der Waals surface area contributed by atoms with Gasteiger partial charge >= 0.3 is 0 Å². The molecule has 0 aliphatic heterocycles. The standard InChI is InChI=1S/C15H18BrNO.H2O/c1-2-3-4-5-6-10-14(18)13-9-7-8-12(11-17)15(13)16;/h7-9H,2-6,10H2,1H3;1H2. The average Bonchev–Trinajstić information content (AvgIpc) is 2.38. The van der Waals surface area contributed by atoms with E-state index in [1.807, 2.05) is 0 Å². The van der Waals surface area contributed by atoms with Gasteiger partial charge in [0.15, 0.2) is 5.78 Å². The molecule has 0 amide bonds. The summed E-state index contributed by atoms with van der Waals surface area (Å²) in [5.41, 5.74) is 1.15. The quantitative estimate of drug-likeness (QED) is 0.560. The maximum atomic E-state index is 12.0. The molecule has 0 fully saturated rings. The topological polar surface area (TPSA) is 72.4 Å². The number of nitriles is 1. The normalized spacial score (nSPS) is 9.53. The summed E-state index contributed by atoms with van der Waals surface area (Å²) in [4.78, 5) is 12.0. The fraction of sp³-hybridized carbons (Fsp3) is 0.467. The number of halogens is 1. The predicted molar refractivity (Wildman–Crippen MR) is 80.2 cm³/mol. The third kappa shape index (κ3) is 5.54. The first kappa shape index (κ1) is 17.8. The molecule has 3 nitrogen and oxygen atoms in total. The van der Waals surface area contributed by atoms with Gasteiger partial charge in [0.1, 0.15) is 6.07 Å². The van der Waals surface area contributed by atoms with Gasteiger partial charge in [0.2, 0.25) is 0 Å². The predicted octanol–water partition coefficient (Wildman–Crippen LogP) is 4.04. The Morgan fingerprint density at radius 3 is 2.58 bits per heavy atom. The van der Waals surface area contributed by atoms with Crippen LogP contribution in [0.2, 0.25) is 0 Å². The van der Waals surface area contributed by atoms with E-state index < -0.39 is 0 Å². The summed E-state index contributed by atoms with van der Waals surface area (Å²) in [5, 5.41) is 8.91. The van der Waals surface area contributed by atoms with E-state index in [-0.39, 0.29) is 11.3 Å². The van der Waals surface area contributed by atoms with E-state index in [2.05, 4.69) is 28.9 Å². The van der Waals surface area contributed by atoms with Crippen molar-refractivity contribution in [2.24, 2.45) is 0 Å². The average molecular weight is 326 g/mol. The van der Waals surface area contributed by atoms with Gasteiger partial charge in [0.25, 0.3) is 0 Å². The van der Waals surface area contributed by atoms with Crippen molar-refractivity contribution in [2.45, 2.75) is 45.4 Å². The number of ketones is 1. The van der Waals surface area contributed by atoms with Crippen LogP contribution in [-0.4, -0.2) is 11.3 Å². The summed E-state index contributed by atoms with van der Waals surface area (Å²) in [5.74, 6) is 0.121. The van der Waals surface area contributed by atoms with Crippen LogP contribution in [-0.2, 0) is 0 Å². The van der Waals surface area contributed by atoms with Gasteiger partial charge in [-0.1, -0.05) is 44.7 Å². The van der Waals surface area contributed by atoms with Crippen molar-refractivity contribution in [3.05, 3.63) is 33.8 Å². The lowest BCUT2D eigenvalue weighted by Crippen LogP contribution is -2.01. The smallest absolute Gasteiger partial charge is 0.164 e. The Morgan fingerprint density at radius 1 is 1.26 bits per heavy atom. The fourth-order valence-corrected chi connectivity index (χ4v) is 2.43. The highest BCUT2D eigenvalue weighted by Gasteiger charge is 2.12. The summed E-state index contributed by atoms with van der Waals surface area (Å²) in [6.07, 6.45) is 6.25. The molecule has 4 heteroatoms. The van der Waals surface area contributed by atoms with Crippen LogP contribution in [0.4, 0.5) is 0 Å². The minimum Gasteiger partial charge on any atom is -0.412 e. The molecule has 0 radical (unpaired) electrons. The summed E-state index contributed by atoms with van der Waals surface area (Å²) in [6, 6.07) is 7.32. The fourth-order valence-electron chi connectivity index (χ4n) is 1.86. The number of benzene rings is 1. The molecule has 0 unspecified atom stereocenters. The van der Waals surface area contributed by atoms with Crippen molar-refractivity contribution in [3.8, 4) is 6.07 Å². The molecule has 0 saturated heterocycles. The lowest BCUT2D eigenvalue weighted by molar-refractivity contribution is 0.0978. The molecule has 1 aromatic carbocycles. The van der Waals surface area contributed by atoms with E-state index in [1.165, 1.54) is 19.3 Å². The van der Waals surface area contributed by atoms with Crippen LogP contribution < -0.4 is 0 Å². The minimum absolute atomic E-state index is 0. The van der Waals surface area contributed by atoms with E-state index in [9.17, 15) is 4.79 Å². The van der Waals surface area contributed by atoms with Crippen LogP contribution in [0.25, 0.3) is 0 Å². The molecular formula is C15H20BrNO2. The van der Waals surface area contributed by atoms with Crippen LogP contribution in [0.3, 0.4) is 0 Å². The SMILES string of the molecule is CCCCCCCC(=O)c1cccc(C#N)c1Br.O. The number of carbonyl (C=O) groups excluding carboxylic acids is 1. The highest BCUT2D eigenvalue weighted by Crippen LogP contribution is 2.23. The molecule has 0 atom stereocenters. The van der Waals surface area contributed by atoms with Gasteiger partial charge in [-0.3, -0.25) is 4.79 Å². The van der Waals surface area contributed by atoms with Crippen molar-refractivity contribution in [1.29, 1.82) is 5.26 Å². The first-order chi connectivity index (χ1) is 8.70. The number of hydrogen-bond acceptors (Lipinski definition) is 2. The Kier molecular flexibility index (Phi) is 9.11. The van der Waals surface area contributed by atoms with Crippen molar-refractivity contribution >= 4 is 21.7 Å². The molecule has 0 aliphatic carbocycles. The highest BCUT2D eigenvalue weighted by atomic mass is 79.9. The van der Waals surface area contributed by atoms with E-state index in [0.717, 1.165) is 12.8 Å². The Hall–Kier alpha value is -1.18. The zero-order valence-electron chi connectivity index (χ0n) is 11.2. The molecule has 19 heavy (non-hydrogen) atoms. The summed E-state index contributed by atoms with van der Waals surface area (Å²) in [6.45, 7) is 2.18. The van der Waals surface area contributed by atoms with E-state index in [4.69, 9.17) is 5.26 Å². The molecular weight excluding hydrogens is 306 g/mol. The lowest BCUT2D eigenvalue weighted by Gasteiger charge is -2.05. The Labute approximate surface area is 123 Å². The van der Waals surface area contributed by atoms with Gasteiger partial charge in [0, 0.05) is 16.5 Å². The molecule has 2 N–H and O–H groups in total.